The van der Waals surface area contributed by atoms with Crippen LogP contribution in [-0.4, -0.2) is 32.3 Å². The summed E-state index contributed by atoms with van der Waals surface area (Å²) in [6.45, 7) is 7.32. The third-order valence-electron chi connectivity index (χ3n) is 3.70. The molecule has 0 aliphatic carbocycles. The fourth-order valence-electron chi connectivity index (χ4n) is 2.51. The molecule has 0 atom stereocenters. The van der Waals surface area contributed by atoms with Gasteiger partial charge in [-0.2, -0.15) is 0 Å². The average molecular weight is 395 g/mol. The van der Waals surface area contributed by atoms with Gasteiger partial charge in [0.15, 0.2) is 0 Å². The topological polar surface area (TPSA) is 54.5 Å². The monoisotopic (exact) mass is 393 g/mol. The molecule has 0 N–H and O–H groups in total. The zero-order valence-corrected chi connectivity index (χ0v) is 15.3. The summed E-state index contributed by atoms with van der Waals surface area (Å²) >= 11 is 3.21. The van der Waals surface area contributed by atoms with E-state index < -0.39 is 9.05 Å². The molecule has 1 fully saturated rings. The van der Waals surface area contributed by atoms with E-state index in [1.54, 1.807) is 17.9 Å². The summed E-state index contributed by atoms with van der Waals surface area (Å²) in [6.07, 6.45) is 0.939. The van der Waals surface area contributed by atoms with Crippen molar-refractivity contribution in [2.45, 2.75) is 32.1 Å². The molecule has 0 radical (unpaired) electrons. The van der Waals surface area contributed by atoms with Crippen LogP contribution in [0.1, 0.15) is 36.2 Å². The number of nitrogens with zero attached hydrogens (tertiary/aromatic N) is 1. The molecular formula is C14H17BrClNO3S. The van der Waals surface area contributed by atoms with Crippen molar-refractivity contribution < 1.29 is 13.2 Å². The van der Waals surface area contributed by atoms with Crippen LogP contribution >= 0.6 is 26.6 Å². The lowest BCUT2D eigenvalue weighted by Crippen LogP contribution is -2.30. The van der Waals surface area contributed by atoms with Crippen LogP contribution in [0.2, 0.25) is 0 Å². The number of benzene rings is 1. The Morgan fingerprint density at radius 2 is 2.00 bits per heavy atom. The first-order valence-corrected chi connectivity index (χ1v) is 9.66. The van der Waals surface area contributed by atoms with Crippen LogP contribution in [0.15, 0.2) is 21.5 Å². The third-order valence-corrected chi connectivity index (χ3v) is 6.36. The maximum atomic E-state index is 12.6. The molecule has 2 rings (SSSR count). The molecule has 7 heteroatoms. The zero-order chi connectivity index (χ0) is 16.0. The molecule has 1 amide bonds. The summed E-state index contributed by atoms with van der Waals surface area (Å²) in [4.78, 5) is 14.2. The van der Waals surface area contributed by atoms with Crippen LogP contribution in [0.25, 0.3) is 0 Å². The normalized spacial score (nSPS) is 18.0. The number of likely N-dealkylation sites (tertiary alicyclic amines) is 1. The van der Waals surface area contributed by atoms with E-state index in [1.807, 2.05) is 0 Å². The van der Waals surface area contributed by atoms with Crippen molar-refractivity contribution in [3.63, 3.8) is 0 Å². The first kappa shape index (κ1) is 16.8. The maximum absolute atomic E-state index is 12.6. The van der Waals surface area contributed by atoms with Crippen molar-refractivity contribution in [1.82, 2.24) is 4.90 Å². The second-order valence-corrected chi connectivity index (χ2v) is 9.51. The van der Waals surface area contributed by atoms with Crippen molar-refractivity contribution >= 4 is 41.6 Å². The Labute approximate surface area is 138 Å². The molecule has 4 nitrogen and oxygen atoms in total. The summed E-state index contributed by atoms with van der Waals surface area (Å²) in [6, 6.07) is 3.02. The Kier molecular flexibility index (Phi) is 4.44. The lowest BCUT2D eigenvalue weighted by molar-refractivity contribution is 0.0778. The second kappa shape index (κ2) is 5.56. The Hall–Kier alpha value is -0.590. The van der Waals surface area contributed by atoms with E-state index in [9.17, 15) is 13.2 Å². The van der Waals surface area contributed by atoms with Crippen LogP contribution < -0.4 is 0 Å². The number of hydrogen-bond donors (Lipinski definition) is 0. The quantitative estimate of drug-likeness (QED) is 0.721. The number of rotatable bonds is 2. The molecule has 0 aromatic heterocycles. The van der Waals surface area contributed by atoms with Gasteiger partial charge in [-0.05, 0) is 52.4 Å². The van der Waals surface area contributed by atoms with E-state index in [-0.39, 0.29) is 16.2 Å². The second-order valence-electron chi connectivity index (χ2n) is 6.18. The third kappa shape index (κ3) is 3.60. The minimum Gasteiger partial charge on any atom is -0.338 e. The smallest absolute Gasteiger partial charge is 0.262 e. The fourth-order valence-corrected chi connectivity index (χ4v) is 4.66. The molecule has 1 aromatic rings. The molecular weight excluding hydrogens is 378 g/mol. The van der Waals surface area contributed by atoms with Gasteiger partial charge in [-0.1, -0.05) is 13.8 Å². The molecule has 1 heterocycles. The highest BCUT2D eigenvalue weighted by atomic mass is 79.9. The SMILES string of the molecule is Cc1cc(C(=O)N2CCC(C)(C)C2)cc(S(=O)(=O)Cl)c1Br. The van der Waals surface area contributed by atoms with Gasteiger partial charge in [0, 0.05) is 33.8 Å². The minimum absolute atomic E-state index is 0.0639. The summed E-state index contributed by atoms with van der Waals surface area (Å²) in [5, 5.41) is 0. The number of halogens is 2. The summed E-state index contributed by atoms with van der Waals surface area (Å²) < 4.78 is 23.6. The van der Waals surface area contributed by atoms with E-state index in [0.29, 0.717) is 28.7 Å². The van der Waals surface area contributed by atoms with Gasteiger partial charge in [-0.25, -0.2) is 8.42 Å². The van der Waals surface area contributed by atoms with Crippen molar-refractivity contribution in [3.8, 4) is 0 Å². The maximum Gasteiger partial charge on any atom is 0.262 e. The molecule has 1 aliphatic heterocycles. The fraction of sp³-hybridized carbons (Fsp3) is 0.500. The number of carbonyl (C=O) groups is 1. The molecule has 0 saturated carbocycles. The lowest BCUT2D eigenvalue weighted by atomic mass is 9.93. The van der Waals surface area contributed by atoms with Gasteiger partial charge in [0.2, 0.25) is 0 Å². The number of aryl methyl sites for hydroxylation is 1. The predicted octanol–water partition coefficient (Wildman–Crippen LogP) is 3.56. The van der Waals surface area contributed by atoms with Gasteiger partial charge in [-0.15, -0.1) is 0 Å². The van der Waals surface area contributed by atoms with Gasteiger partial charge in [-0.3, -0.25) is 4.79 Å². The van der Waals surface area contributed by atoms with Crippen LogP contribution in [0, 0.1) is 12.3 Å². The molecule has 0 spiro atoms. The van der Waals surface area contributed by atoms with Crippen LogP contribution in [0.3, 0.4) is 0 Å². The molecule has 116 valence electrons. The number of amides is 1. The highest BCUT2D eigenvalue weighted by molar-refractivity contribution is 9.10. The van der Waals surface area contributed by atoms with Crippen molar-refractivity contribution in [3.05, 3.63) is 27.7 Å². The highest BCUT2D eigenvalue weighted by Gasteiger charge is 2.33. The zero-order valence-electron chi connectivity index (χ0n) is 12.1. The average Bonchev–Trinajstić information content (AvgIpc) is 2.70. The predicted molar refractivity (Wildman–Crippen MR) is 86.2 cm³/mol. The molecule has 1 aliphatic rings. The Morgan fingerprint density at radius 1 is 1.38 bits per heavy atom. The van der Waals surface area contributed by atoms with Gasteiger partial charge >= 0.3 is 0 Å². The van der Waals surface area contributed by atoms with Crippen molar-refractivity contribution in [2.24, 2.45) is 5.41 Å². The van der Waals surface area contributed by atoms with E-state index in [1.165, 1.54) is 6.07 Å². The largest absolute Gasteiger partial charge is 0.338 e. The van der Waals surface area contributed by atoms with Crippen molar-refractivity contribution in [1.29, 1.82) is 0 Å². The van der Waals surface area contributed by atoms with Crippen LogP contribution in [0.4, 0.5) is 0 Å². The Morgan fingerprint density at radius 3 is 2.48 bits per heavy atom. The van der Waals surface area contributed by atoms with E-state index in [0.717, 1.165) is 6.42 Å². The Bertz CT molecular complexity index is 700. The van der Waals surface area contributed by atoms with E-state index in [4.69, 9.17) is 10.7 Å². The first-order valence-electron chi connectivity index (χ1n) is 6.55. The minimum atomic E-state index is -3.90. The molecule has 1 saturated heterocycles. The first-order chi connectivity index (χ1) is 9.51. The van der Waals surface area contributed by atoms with E-state index >= 15 is 0 Å². The molecule has 1 aromatic carbocycles. The molecule has 21 heavy (non-hydrogen) atoms. The van der Waals surface area contributed by atoms with Gasteiger partial charge < -0.3 is 4.90 Å². The summed E-state index contributed by atoms with van der Waals surface area (Å²) in [5.74, 6) is -0.155. The van der Waals surface area contributed by atoms with Gasteiger partial charge in [0.1, 0.15) is 0 Å². The summed E-state index contributed by atoms with van der Waals surface area (Å²) in [5.41, 5.74) is 1.12. The number of carbonyl (C=O) groups excluding carboxylic acids is 1. The van der Waals surface area contributed by atoms with Gasteiger partial charge in [0.25, 0.3) is 15.0 Å². The summed E-state index contributed by atoms with van der Waals surface area (Å²) in [7, 11) is 1.53. The molecule has 0 bridgehead atoms. The molecule has 0 unspecified atom stereocenters. The van der Waals surface area contributed by atoms with Crippen LogP contribution in [-0.2, 0) is 9.05 Å². The van der Waals surface area contributed by atoms with Crippen LogP contribution in [0.5, 0.6) is 0 Å². The number of hydrogen-bond acceptors (Lipinski definition) is 3. The highest BCUT2D eigenvalue weighted by Crippen LogP contribution is 2.33. The van der Waals surface area contributed by atoms with Gasteiger partial charge in [0.05, 0.1) is 4.90 Å². The Balaban J connectivity index is 2.42. The van der Waals surface area contributed by atoms with Crippen molar-refractivity contribution in [2.75, 3.05) is 13.1 Å². The standard InChI is InChI=1S/C14H17BrClNO3S/c1-9-6-10(7-11(12(9)15)21(16,19)20)13(18)17-5-4-14(2,3)8-17/h6-7H,4-5,8H2,1-3H3. The van der Waals surface area contributed by atoms with E-state index in [2.05, 4.69) is 29.8 Å². The lowest BCUT2D eigenvalue weighted by Gasteiger charge is -2.20.